The Morgan fingerprint density at radius 2 is 1.15 bits per heavy atom. The summed E-state index contributed by atoms with van der Waals surface area (Å²) in [5, 5.41) is 11.5. The van der Waals surface area contributed by atoms with E-state index in [4.69, 9.17) is 9.47 Å². The maximum absolute atomic E-state index is 11.5. The predicted octanol–water partition coefficient (Wildman–Crippen LogP) is 8.31. The molecule has 1 rings (SSSR count). The molecule has 0 fully saturated rings. The first-order valence-corrected chi connectivity index (χ1v) is 13.6. The molecule has 6 heteroatoms. The van der Waals surface area contributed by atoms with Crippen LogP contribution in [-0.4, -0.2) is 37.6 Å². The van der Waals surface area contributed by atoms with Crippen LogP contribution in [0.1, 0.15) is 115 Å². The van der Waals surface area contributed by atoms with Gasteiger partial charge in [0, 0.05) is 12.1 Å². The first kappa shape index (κ1) is 30.2. The molecule has 0 radical (unpaired) electrons. The summed E-state index contributed by atoms with van der Waals surface area (Å²) in [5.74, 6) is 0.914. The molecule has 0 saturated heterocycles. The third-order valence-corrected chi connectivity index (χ3v) is 6.62. The molecule has 0 aliphatic carbocycles. The highest BCUT2D eigenvalue weighted by molar-refractivity contribution is 5.54. The van der Waals surface area contributed by atoms with E-state index >= 15 is 0 Å². The lowest BCUT2D eigenvalue weighted by Gasteiger charge is -2.18. The van der Waals surface area contributed by atoms with E-state index in [1.807, 2.05) is 7.05 Å². The highest BCUT2D eigenvalue weighted by Gasteiger charge is 2.20. The van der Waals surface area contributed by atoms with Crippen molar-refractivity contribution in [3.63, 3.8) is 0 Å². The van der Waals surface area contributed by atoms with Gasteiger partial charge in [-0.05, 0) is 26.1 Å². The number of ether oxygens (including phenoxy) is 2. The summed E-state index contributed by atoms with van der Waals surface area (Å²) in [5.41, 5.74) is 0.734. The second-order valence-corrected chi connectivity index (χ2v) is 9.63. The number of rotatable bonds is 22. The van der Waals surface area contributed by atoms with Crippen molar-refractivity contribution in [3.8, 4) is 11.5 Å². The number of methoxy groups -OCH3 is 2. The van der Waals surface area contributed by atoms with Crippen molar-refractivity contribution < 1.29 is 14.4 Å². The summed E-state index contributed by atoms with van der Waals surface area (Å²) in [6, 6.07) is 3.18. The van der Waals surface area contributed by atoms with Crippen LogP contribution in [0, 0.1) is 10.1 Å². The lowest BCUT2D eigenvalue weighted by Crippen LogP contribution is -2.20. The van der Waals surface area contributed by atoms with Crippen molar-refractivity contribution in [1.82, 2.24) is 4.90 Å². The van der Waals surface area contributed by atoms with Crippen molar-refractivity contribution in [1.29, 1.82) is 0 Å². The van der Waals surface area contributed by atoms with Gasteiger partial charge in [0.25, 0.3) is 5.69 Å². The Morgan fingerprint density at radius 1 is 0.735 bits per heavy atom. The van der Waals surface area contributed by atoms with E-state index in [2.05, 4.69) is 11.8 Å². The Morgan fingerprint density at radius 3 is 1.56 bits per heavy atom. The molecule has 0 aliphatic rings. The maximum Gasteiger partial charge on any atom is 0.277 e. The molecule has 0 heterocycles. The molecule has 1 aromatic carbocycles. The molecule has 0 unspecified atom stereocenters. The molecule has 0 saturated carbocycles. The molecule has 0 aromatic heterocycles. The molecule has 0 spiro atoms. The lowest BCUT2D eigenvalue weighted by atomic mass is 10.0. The topological polar surface area (TPSA) is 64.8 Å². The van der Waals surface area contributed by atoms with Gasteiger partial charge in [0.1, 0.15) is 0 Å². The minimum Gasteiger partial charge on any atom is -0.493 e. The number of benzene rings is 1. The average Bonchev–Trinajstić information content (AvgIpc) is 2.83. The van der Waals surface area contributed by atoms with Crippen molar-refractivity contribution in [2.45, 2.75) is 116 Å². The number of hydrogen-bond donors (Lipinski definition) is 0. The van der Waals surface area contributed by atoms with Gasteiger partial charge >= 0.3 is 0 Å². The lowest BCUT2D eigenvalue weighted by molar-refractivity contribution is -0.385. The second-order valence-electron chi connectivity index (χ2n) is 9.63. The van der Waals surface area contributed by atoms with Gasteiger partial charge in [0.2, 0.25) is 0 Å². The van der Waals surface area contributed by atoms with E-state index in [0.29, 0.717) is 23.6 Å². The summed E-state index contributed by atoms with van der Waals surface area (Å²) in [7, 11) is 5.06. The average molecular weight is 479 g/mol. The fourth-order valence-corrected chi connectivity index (χ4v) is 4.51. The van der Waals surface area contributed by atoms with Crippen molar-refractivity contribution in [3.05, 3.63) is 27.8 Å². The Labute approximate surface area is 208 Å². The summed E-state index contributed by atoms with van der Waals surface area (Å²) in [4.78, 5) is 13.3. The minimum atomic E-state index is -0.347. The van der Waals surface area contributed by atoms with Crippen LogP contribution in [0.5, 0.6) is 11.5 Å². The molecule has 34 heavy (non-hydrogen) atoms. The van der Waals surface area contributed by atoms with Gasteiger partial charge in [0.15, 0.2) is 11.5 Å². The number of hydrogen-bond acceptors (Lipinski definition) is 5. The molecule has 6 nitrogen and oxygen atoms in total. The molecule has 0 aliphatic heterocycles. The van der Waals surface area contributed by atoms with Crippen LogP contribution in [-0.2, 0) is 6.54 Å². The molecule has 0 N–H and O–H groups in total. The molecule has 0 bridgehead atoms. The smallest absolute Gasteiger partial charge is 0.277 e. The quantitative estimate of drug-likeness (QED) is 0.0952. The Kier molecular flexibility index (Phi) is 17.3. The molecule has 196 valence electrons. The summed E-state index contributed by atoms with van der Waals surface area (Å²) < 4.78 is 10.5. The van der Waals surface area contributed by atoms with E-state index in [1.54, 1.807) is 13.2 Å². The number of unbranched alkanes of at least 4 members (excludes halogenated alkanes) is 15. The van der Waals surface area contributed by atoms with Crippen LogP contribution in [0.4, 0.5) is 5.69 Å². The normalized spacial score (nSPS) is 11.2. The number of nitro groups is 1. The van der Waals surface area contributed by atoms with E-state index < -0.39 is 0 Å². The van der Waals surface area contributed by atoms with Gasteiger partial charge in [-0.1, -0.05) is 103 Å². The molecule has 0 atom stereocenters. The molecule has 0 amide bonds. The van der Waals surface area contributed by atoms with Crippen molar-refractivity contribution in [2.24, 2.45) is 0 Å². The summed E-state index contributed by atoms with van der Waals surface area (Å²) >= 11 is 0. The van der Waals surface area contributed by atoms with Gasteiger partial charge < -0.3 is 14.4 Å². The zero-order chi connectivity index (χ0) is 25.0. The largest absolute Gasteiger partial charge is 0.493 e. The van der Waals surface area contributed by atoms with Crippen LogP contribution >= 0.6 is 0 Å². The van der Waals surface area contributed by atoms with Gasteiger partial charge in [-0.15, -0.1) is 0 Å². The number of nitro benzene ring substituents is 1. The van der Waals surface area contributed by atoms with Crippen LogP contribution in [0.2, 0.25) is 0 Å². The van der Waals surface area contributed by atoms with Gasteiger partial charge in [0.05, 0.1) is 25.2 Å². The van der Waals surface area contributed by atoms with Crippen molar-refractivity contribution >= 4 is 5.69 Å². The first-order valence-electron chi connectivity index (χ1n) is 13.6. The third-order valence-electron chi connectivity index (χ3n) is 6.62. The van der Waals surface area contributed by atoms with Crippen LogP contribution < -0.4 is 9.47 Å². The first-order chi connectivity index (χ1) is 16.5. The fraction of sp³-hybridized carbons (Fsp3) is 0.786. The zero-order valence-corrected chi connectivity index (χ0v) is 22.4. The molecular formula is C28H50N2O4. The summed E-state index contributed by atoms with van der Waals surface area (Å²) in [6.45, 7) is 3.73. The minimum absolute atomic E-state index is 0.0801. The Bertz CT molecular complexity index is 666. The number of nitrogens with zero attached hydrogens (tertiary/aromatic N) is 2. The van der Waals surface area contributed by atoms with E-state index in [0.717, 1.165) is 13.0 Å². The maximum atomic E-state index is 11.5. The predicted molar refractivity (Wildman–Crippen MR) is 142 cm³/mol. The summed E-state index contributed by atoms with van der Waals surface area (Å²) in [6.07, 6.45) is 21.8. The van der Waals surface area contributed by atoms with Crippen molar-refractivity contribution in [2.75, 3.05) is 27.8 Å². The molecular weight excluding hydrogens is 428 g/mol. The monoisotopic (exact) mass is 478 g/mol. The zero-order valence-electron chi connectivity index (χ0n) is 22.4. The van der Waals surface area contributed by atoms with E-state index in [9.17, 15) is 10.1 Å². The SMILES string of the molecule is CCCCCCCCCCCCCCCCCCN(C)Cc1cc(OC)c(OC)cc1[N+](=O)[O-]. The second kappa shape index (κ2) is 19.5. The van der Waals surface area contributed by atoms with Gasteiger partial charge in [-0.25, -0.2) is 0 Å². The van der Waals surface area contributed by atoms with Crippen LogP contribution in [0.25, 0.3) is 0 Å². The van der Waals surface area contributed by atoms with Crippen LogP contribution in [0.15, 0.2) is 12.1 Å². The van der Waals surface area contributed by atoms with Gasteiger partial charge in [-0.2, -0.15) is 0 Å². The van der Waals surface area contributed by atoms with E-state index in [1.165, 1.54) is 109 Å². The Hall–Kier alpha value is -1.82. The third kappa shape index (κ3) is 13.2. The highest BCUT2D eigenvalue weighted by Crippen LogP contribution is 2.35. The fourth-order valence-electron chi connectivity index (χ4n) is 4.51. The standard InChI is InChI=1S/C28H50N2O4/c1-5-6-7-8-9-10-11-12-13-14-15-16-17-18-19-20-21-29(2)24-25-22-27(33-3)28(34-4)23-26(25)30(31)32/h22-23H,5-21,24H2,1-4H3. The highest BCUT2D eigenvalue weighted by atomic mass is 16.6. The van der Waals surface area contributed by atoms with Crippen LogP contribution in [0.3, 0.4) is 0 Å². The molecule has 1 aromatic rings. The van der Waals surface area contributed by atoms with Gasteiger partial charge in [-0.3, -0.25) is 10.1 Å². The Balaban J connectivity index is 2.09. The van der Waals surface area contributed by atoms with E-state index in [-0.39, 0.29) is 10.6 Å².